The Morgan fingerprint density at radius 1 is 1.19 bits per heavy atom. The van der Waals surface area contributed by atoms with Crippen molar-refractivity contribution in [2.45, 2.75) is 24.0 Å². The van der Waals surface area contributed by atoms with Gasteiger partial charge >= 0.3 is 6.18 Å². The van der Waals surface area contributed by atoms with Crippen LogP contribution < -0.4 is 9.64 Å². The first-order valence-corrected chi connectivity index (χ1v) is 12.5. The van der Waals surface area contributed by atoms with Crippen LogP contribution >= 0.6 is 23.4 Å². The second-order valence-corrected chi connectivity index (χ2v) is 10.8. The molecule has 0 radical (unpaired) electrons. The first-order chi connectivity index (χ1) is 14.6. The minimum absolute atomic E-state index is 0.107. The van der Waals surface area contributed by atoms with E-state index >= 15 is 0 Å². The third-order valence-electron chi connectivity index (χ3n) is 5.17. The number of nitrogens with zero attached hydrogens (tertiary/aromatic N) is 2. The van der Waals surface area contributed by atoms with Gasteiger partial charge in [-0.2, -0.15) is 13.2 Å². The SMILES string of the molecule is COc1ccc(CSC2=NC3CS(=O)(=O)CC3N2c2cc(C(F)(F)F)ccc2Cl)cc1. The van der Waals surface area contributed by atoms with Gasteiger partial charge in [0.1, 0.15) is 5.75 Å². The number of aliphatic imine (C=N–C) groups is 1. The summed E-state index contributed by atoms with van der Waals surface area (Å²) < 4.78 is 69.4. The lowest BCUT2D eigenvalue weighted by Crippen LogP contribution is -2.39. The molecular weight excluding hydrogens is 473 g/mol. The molecule has 2 atom stereocenters. The summed E-state index contributed by atoms with van der Waals surface area (Å²) in [4.78, 5) is 6.10. The maximum Gasteiger partial charge on any atom is 0.416 e. The Balaban J connectivity index is 1.66. The molecule has 4 rings (SSSR count). The normalized spacial score (nSPS) is 22.4. The van der Waals surface area contributed by atoms with Gasteiger partial charge in [0.15, 0.2) is 15.0 Å². The fraction of sp³-hybridized carbons (Fsp3) is 0.350. The molecule has 2 aromatic carbocycles. The summed E-state index contributed by atoms with van der Waals surface area (Å²) in [5.41, 5.74) is 0.228. The molecule has 0 spiro atoms. The third-order valence-corrected chi connectivity index (χ3v) is 8.22. The Morgan fingerprint density at radius 2 is 1.90 bits per heavy atom. The van der Waals surface area contributed by atoms with Gasteiger partial charge in [0.25, 0.3) is 0 Å². The number of amidine groups is 1. The smallest absolute Gasteiger partial charge is 0.416 e. The highest BCUT2D eigenvalue weighted by Crippen LogP contribution is 2.41. The first-order valence-electron chi connectivity index (χ1n) is 9.27. The van der Waals surface area contributed by atoms with Crippen LogP contribution in [0.5, 0.6) is 5.75 Å². The topological polar surface area (TPSA) is 59.0 Å². The molecule has 0 N–H and O–H groups in total. The van der Waals surface area contributed by atoms with Crippen molar-refractivity contribution in [3.8, 4) is 5.75 Å². The highest BCUT2D eigenvalue weighted by molar-refractivity contribution is 8.13. The second-order valence-electron chi connectivity index (χ2n) is 7.29. The highest BCUT2D eigenvalue weighted by Gasteiger charge is 2.48. The fourth-order valence-corrected chi connectivity index (χ4v) is 6.78. The van der Waals surface area contributed by atoms with E-state index in [1.165, 1.54) is 17.8 Å². The number of hydrogen-bond donors (Lipinski definition) is 0. The molecule has 31 heavy (non-hydrogen) atoms. The Hall–Kier alpha value is -1.91. The van der Waals surface area contributed by atoms with Gasteiger partial charge in [-0.05, 0) is 35.9 Å². The Labute approximate surface area is 187 Å². The van der Waals surface area contributed by atoms with E-state index in [0.29, 0.717) is 16.7 Å². The molecule has 2 aliphatic heterocycles. The first kappa shape index (κ1) is 22.3. The quantitative estimate of drug-likeness (QED) is 0.624. The van der Waals surface area contributed by atoms with Gasteiger partial charge in [0.2, 0.25) is 0 Å². The Morgan fingerprint density at radius 3 is 2.55 bits per heavy atom. The zero-order valence-electron chi connectivity index (χ0n) is 16.3. The van der Waals surface area contributed by atoms with Gasteiger partial charge in [-0.3, -0.25) is 4.99 Å². The average molecular weight is 491 g/mol. The van der Waals surface area contributed by atoms with Crippen molar-refractivity contribution < 1.29 is 26.3 Å². The van der Waals surface area contributed by atoms with Crippen LogP contribution in [0.4, 0.5) is 18.9 Å². The number of ether oxygens (including phenoxy) is 1. The van der Waals surface area contributed by atoms with Crippen LogP contribution in [0.2, 0.25) is 5.02 Å². The van der Waals surface area contributed by atoms with Crippen LogP contribution in [0.1, 0.15) is 11.1 Å². The highest BCUT2D eigenvalue weighted by atomic mass is 35.5. The number of rotatable bonds is 4. The molecule has 1 saturated heterocycles. The summed E-state index contributed by atoms with van der Waals surface area (Å²) in [5.74, 6) is 0.906. The van der Waals surface area contributed by atoms with Gasteiger partial charge in [-0.1, -0.05) is 35.5 Å². The monoisotopic (exact) mass is 490 g/mol. The van der Waals surface area contributed by atoms with Crippen LogP contribution in [0.15, 0.2) is 47.5 Å². The van der Waals surface area contributed by atoms with Crippen LogP contribution in [-0.4, -0.2) is 44.3 Å². The Bertz CT molecular complexity index is 1120. The molecule has 0 bridgehead atoms. The molecule has 0 aromatic heterocycles. The number of fused-ring (bicyclic) bond motifs is 1. The lowest BCUT2D eigenvalue weighted by molar-refractivity contribution is -0.137. The summed E-state index contributed by atoms with van der Waals surface area (Å²) in [7, 11) is -1.76. The summed E-state index contributed by atoms with van der Waals surface area (Å²) in [6, 6.07) is 9.33. The summed E-state index contributed by atoms with van der Waals surface area (Å²) >= 11 is 7.60. The van der Waals surface area contributed by atoms with Crippen molar-refractivity contribution in [1.29, 1.82) is 0 Å². The van der Waals surface area contributed by atoms with Crippen LogP contribution in [0, 0.1) is 0 Å². The van der Waals surface area contributed by atoms with E-state index in [1.807, 2.05) is 24.3 Å². The molecule has 2 unspecified atom stereocenters. The van der Waals surface area contributed by atoms with E-state index in [9.17, 15) is 21.6 Å². The number of hydrogen-bond acceptors (Lipinski definition) is 6. The minimum Gasteiger partial charge on any atom is -0.497 e. The fourth-order valence-electron chi connectivity index (χ4n) is 3.66. The number of sulfone groups is 1. The maximum absolute atomic E-state index is 13.3. The molecular formula is C20H18ClF3N2O3S2. The molecule has 0 saturated carbocycles. The summed E-state index contributed by atoms with van der Waals surface area (Å²) in [6.07, 6.45) is -4.55. The number of anilines is 1. The predicted molar refractivity (Wildman–Crippen MR) is 117 cm³/mol. The van der Waals surface area contributed by atoms with Gasteiger partial charge in [0.05, 0.1) is 47.0 Å². The number of thioether (sulfide) groups is 1. The van der Waals surface area contributed by atoms with Crippen molar-refractivity contribution in [2.24, 2.45) is 4.99 Å². The molecule has 11 heteroatoms. The van der Waals surface area contributed by atoms with E-state index in [1.54, 1.807) is 12.0 Å². The van der Waals surface area contributed by atoms with Crippen molar-refractivity contribution in [1.82, 2.24) is 0 Å². The minimum atomic E-state index is -4.55. The molecule has 2 heterocycles. The Kier molecular flexibility index (Phi) is 5.91. The van der Waals surface area contributed by atoms with E-state index in [4.69, 9.17) is 16.3 Å². The lowest BCUT2D eigenvalue weighted by atomic mass is 10.1. The molecule has 2 aliphatic rings. The van der Waals surface area contributed by atoms with Crippen molar-refractivity contribution in [3.63, 3.8) is 0 Å². The molecule has 1 fully saturated rings. The summed E-state index contributed by atoms with van der Waals surface area (Å²) in [5, 5.41) is 0.567. The van der Waals surface area contributed by atoms with Gasteiger partial charge < -0.3 is 9.64 Å². The predicted octanol–water partition coefficient (Wildman–Crippen LogP) is 4.64. The van der Waals surface area contributed by atoms with E-state index in [0.717, 1.165) is 17.7 Å². The van der Waals surface area contributed by atoms with Gasteiger partial charge in [0, 0.05) is 5.75 Å². The van der Waals surface area contributed by atoms with E-state index in [2.05, 4.69) is 4.99 Å². The average Bonchev–Trinajstić information content (AvgIpc) is 3.17. The molecule has 0 aliphatic carbocycles. The van der Waals surface area contributed by atoms with Crippen molar-refractivity contribution >= 4 is 44.1 Å². The molecule has 166 valence electrons. The largest absolute Gasteiger partial charge is 0.497 e. The van der Waals surface area contributed by atoms with Crippen molar-refractivity contribution in [3.05, 3.63) is 58.6 Å². The second kappa shape index (κ2) is 8.22. The zero-order chi connectivity index (χ0) is 22.4. The zero-order valence-corrected chi connectivity index (χ0v) is 18.7. The number of alkyl halides is 3. The molecule has 2 aromatic rings. The standard InChI is InChI=1S/C20H18ClF3N2O3S2/c1-29-14-5-2-12(3-6-14)9-30-19-25-16-10-31(27,28)11-18(16)26(19)17-8-13(20(22,23)24)4-7-15(17)21/h2-8,16,18H,9-11H2,1H3. The van der Waals surface area contributed by atoms with E-state index < -0.39 is 33.7 Å². The van der Waals surface area contributed by atoms with Crippen LogP contribution in [-0.2, 0) is 21.8 Å². The van der Waals surface area contributed by atoms with Crippen LogP contribution in [0.3, 0.4) is 0 Å². The lowest BCUT2D eigenvalue weighted by Gasteiger charge is -2.28. The molecule has 5 nitrogen and oxygen atoms in total. The number of halogens is 4. The van der Waals surface area contributed by atoms with Gasteiger partial charge in [-0.25, -0.2) is 8.42 Å². The third kappa shape index (κ3) is 4.65. The van der Waals surface area contributed by atoms with Crippen molar-refractivity contribution in [2.75, 3.05) is 23.5 Å². The van der Waals surface area contributed by atoms with Gasteiger partial charge in [-0.15, -0.1) is 0 Å². The van der Waals surface area contributed by atoms with Crippen LogP contribution in [0.25, 0.3) is 0 Å². The number of methoxy groups -OCH3 is 1. The maximum atomic E-state index is 13.3. The molecule has 0 amide bonds. The summed E-state index contributed by atoms with van der Waals surface area (Å²) in [6.45, 7) is 0. The van der Waals surface area contributed by atoms with E-state index in [-0.39, 0.29) is 22.2 Å². The number of benzene rings is 2.